The molecular weight excluding hydrogens is 328 g/mol. The van der Waals surface area contributed by atoms with Gasteiger partial charge >= 0.3 is 5.97 Å². The summed E-state index contributed by atoms with van der Waals surface area (Å²) in [5.41, 5.74) is 2.99. The molecule has 0 aliphatic heterocycles. The van der Waals surface area contributed by atoms with E-state index >= 15 is 0 Å². The quantitative estimate of drug-likeness (QED) is 0.687. The van der Waals surface area contributed by atoms with Gasteiger partial charge in [-0.15, -0.1) is 0 Å². The number of rotatable bonds is 6. The van der Waals surface area contributed by atoms with Gasteiger partial charge in [0, 0.05) is 23.0 Å². The minimum absolute atomic E-state index is 0.322. The van der Waals surface area contributed by atoms with Gasteiger partial charge in [-0.25, -0.2) is 0 Å². The molecule has 0 aliphatic carbocycles. The van der Waals surface area contributed by atoms with Crippen LogP contribution in [0.25, 0.3) is 10.9 Å². The van der Waals surface area contributed by atoms with Crippen LogP contribution in [0.15, 0.2) is 54.7 Å². The highest BCUT2D eigenvalue weighted by Crippen LogP contribution is 2.33. The van der Waals surface area contributed by atoms with Crippen LogP contribution in [0.2, 0.25) is 0 Å². The summed E-state index contributed by atoms with van der Waals surface area (Å²) in [5.74, 6) is -1.00. The summed E-state index contributed by atoms with van der Waals surface area (Å²) in [5, 5.41) is 10.7. The number of nitrogens with one attached hydrogen (secondary N) is 1. The smallest absolute Gasteiger partial charge is 0.323 e. The molecule has 5 heteroatoms. The molecule has 0 bridgehead atoms. The Labute approximate surface area is 152 Å². The van der Waals surface area contributed by atoms with Crippen LogP contribution in [-0.4, -0.2) is 25.2 Å². The molecule has 0 saturated carbocycles. The van der Waals surface area contributed by atoms with Gasteiger partial charge in [-0.3, -0.25) is 4.79 Å². The zero-order chi connectivity index (χ0) is 18.5. The van der Waals surface area contributed by atoms with Crippen LogP contribution in [0, 0.1) is 17.2 Å². The van der Waals surface area contributed by atoms with Crippen molar-refractivity contribution in [1.82, 2.24) is 4.98 Å². The number of carbonyl (C=O) groups excluding carboxylic acids is 1. The van der Waals surface area contributed by atoms with E-state index < -0.39 is 11.9 Å². The third kappa shape index (κ3) is 3.40. The zero-order valence-corrected chi connectivity index (χ0v) is 14.7. The highest BCUT2D eigenvalue weighted by atomic mass is 16.5. The highest BCUT2D eigenvalue weighted by molar-refractivity contribution is 5.83. The number of ether oxygens (including phenoxy) is 2. The minimum atomic E-state index is -0.887. The van der Waals surface area contributed by atoms with E-state index in [1.54, 1.807) is 7.11 Å². The third-order valence-electron chi connectivity index (χ3n) is 4.66. The first-order chi connectivity index (χ1) is 12.7. The van der Waals surface area contributed by atoms with Crippen molar-refractivity contribution in [2.24, 2.45) is 5.92 Å². The molecule has 2 aromatic carbocycles. The molecule has 0 fully saturated rings. The Morgan fingerprint density at radius 2 is 1.88 bits per heavy atom. The predicted octanol–water partition coefficient (Wildman–Crippen LogP) is 3.82. The first-order valence-electron chi connectivity index (χ1n) is 8.34. The topological polar surface area (TPSA) is 75.1 Å². The average molecular weight is 348 g/mol. The lowest BCUT2D eigenvalue weighted by Gasteiger charge is -2.21. The van der Waals surface area contributed by atoms with Crippen molar-refractivity contribution >= 4 is 16.9 Å². The second-order valence-electron chi connectivity index (χ2n) is 6.07. The van der Waals surface area contributed by atoms with Crippen molar-refractivity contribution in [2.75, 3.05) is 14.2 Å². The minimum Gasteiger partial charge on any atom is -0.497 e. The van der Waals surface area contributed by atoms with E-state index in [2.05, 4.69) is 11.1 Å². The van der Waals surface area contributed by atoms with Gasteiger partial charge in [-0.2, -0.15) is 5.26 Å². The van der Waals surface area contributed by atoms with Gasteiger partial charge in [0.2, 0.25) is 0 Å². The van der Waals surface area contributed by atoms with E-state index in [1.807, 2.05) is 54.7 Å². The van der Waals surface area contributed by atoms with Gasteiger partial charge in [-0.05, 0) is 35.7 Å². The van der Waals surface area contributed by atoms with Crippen LogP contribution in [0.5, 0.6) is 5.75 Å². The molecule has 2 unspecified atom stereocenters. The largest absolute Gasteiger partial charge is 0.497 e. The number of aromatic nitrogens is 1. The van der Waals surface area contributed by atoms with E-state index in [4.69, 9.17) is 9.47 Å². The van der Waals surface area contributed by atoms with Crippen molar-refractivity contribution in [3.05, 3.63) is 65.9 Å². The molecule has 26 heavy (non-hydrogen) atoms. The van der Waals surface area contributed by atoms with Crippen molar-refractivity contribution in [1.29, 1.82) is 5.26 Å². The maximum Gasteiger partial charge on any atom is 0.323 e. The van der Waals surface area contributed by atoms with E-state index in [0.717, 1.165) is 27.8 Å². The number of aromatic amines is 1. The molecule has 3 rings (SSSR count). The molecule has 2 atom stereocenters. The summed E-state index contributed by atoms with van der Waals surface area (Å²) in [6.07, 6.45) is 2.48. The van der Waals surface area contributed by atoms with Gasteiger partial charge < -0.3 is 14.5 Å². The van der Waals surface area contributed by atoms with E-state index in [0.29, 0.717) is 6.42 Å². The van der Waals surface area contributed by atoms with Crippen molar-refractivity contribution < 1.29 is 14.3 Å². The zero-order valence-electron chi connectivity index (χ0n) is 14.7. The summed E-state index contributed by atoms with van der Waals surface area (Å²) in [6.45, 7) is 0. The van der Waals surface area contributed by atoms with E-state index in [9.17, 15) is 10.1 Å². The molecule has 1 heterocycles. The number of hydrogen-bond donors (Lipinski definition) is 1. The van der Waals surface area contributed by atoms with Crippen LogP contribution in [0.3, 0.4) is 0 Å². The lowest BCUT2D eigenvalue weighted by atomic mass is 9.82. The summed E-state index contributed by atoms with van der Waals surface area (Å²) in [6, 6.07) is 17.6. The van der Waals surface area contributed by atoms with Crippen LogP contribution in [0.4, 0.5) is 0 Å². The number of H-pyrrole nitrogens is 1. The number of para-hydroxylation sites is 1. The second kappa shape index (κ2) is 7.75. The van der Waals surface area contributed by atoms with E-state index in [1.165, 1.54) is 7.11 Å². The standard InChI is InChI=1S/C21H20N2O3/c1-25-16-9-7-14(8-10-16)18(19(12-22)21(24)26-2)11-15-13-23-20-6-4-3-5-17(15)20/h3-10,13,18-19,23H,11H2,1-2H3. The number of nitriles is 1. The first kappa shape index (κ1) is 17.6. The fourth-order valence-electron chi connectivity index (χ4n) is 3.25. The fourth-order valence-corrected chi connectivity index (χ4v) is 3.25. The molecule has 0 amide bonds. The predicted molar refractivity (Wildman–Crippen MR) is 98.9 cm³/mol. The first-order valence-corrected chi connectivity index (χ1v) is 8.34. The number of esters is 1. The van der Waals surface area contributed by atoms with Crippen LogP contribution < -0.4 is 4.74 Å². The number of fused-ring (bicyclic) bond motifs is 1. The molecular formula is C21H20N2O3. The number of benzene rings is 2. The molecule has 132 valence electrons. The van der Waals surface area contributed by atoms with Gasteiger partial charge in [-0.1, -0.05) is 30.3 Å². The van der Waals surface area contributed by atoms with Gasteiger partial charge in [0.15, 0.2) is 5.92 Å². The van der Waals surface area contributed by atoms with Gasteiger partial charge in [0.25, 0.3) is 0 Å². The number of nitrogens with zero attached hydrogens (tertiary/aromatic N) is 1. The average Bonchev–Trinajstić information content (AvgIpc) is 3.10. The third-order valence-corrected chi connectivity index (χ3v) is 4.66. The molecule has 0 radical (unpaired) electrons. The Hall–Kier alpha value is -3.26. The number of methoxy groups -OCH3 is 2. The Bertz CT molecular complexity index is 938. The van der Waals surface area contributed by atoms with Crippen LogP contribution >= 0.6 is 0 Å². The second-order valence-corrected chi connectivity index (χ2v) is 6.07. The summed E-state index contributed by atoms with van der Waals surface area (Å²) in [7, 11) is 2.91. The maximum atomic E-state index is 12.2. The number of hydrogen-bond acceptors (Lipinski definition) is 4. The number of carbonyl (C=O) groups is 1. The molecule has 0 aliphatic rings. The Balaban J connectivity index is 2.01. The highest BCUT2D eigenvalue weighted by Gasteiger charge is 2.31. The fraction of sp³-hybridized carbons (Fsp3) is 0.238. The Morgan fingerprint density at radius 3 is 2.54 bits per heavy atom. The van der Waals surface area contributed by atoms with Gasteiger partial charge in [0.05, 0.1) is 20.3 Å². The molecule has 0 spiro atoms. The summed E-state index contributed by atoms with van der Waals surface area (Å²) >= 11 is 0. The molecule has 1 N–H and O–H groups in total. The normalized spacial score (nSPS) is 13.0. The molecule has 3 aromatic rings. The van der Waals surface area contributed by atoms with Crippen molar-refractivity contribution in [2.45, 2.75) is 12.3 Å². The van der Waals surface area contributed by atoms with Crippen LogP contribution in [-0.2, 0) is 16.0 Å². The van der Waals surface area contributed by atoms with E-state index in [-0.39, 0.29) is 5.92 Å². The lowest BCUT2D eigenvalue weighted by Crippen LogP contribution is -2.24. The van der Waals surface area contributed by atoms with Crippen LogP contribution in [0.1, 0.15) is 17.0 Å². The van der Waals surface area contributed by atoms with Gasteiger partial charge in [0.1, 0.15) is 5.75 Å². The Kier molecular flexibility index (Phi) is 5.23. The van der Waals surface area contributed by atoms with Crippen molar-refractivity contribution in [3.8, 4) is 11.8 Å². The molecule has 5 nitrogen and oxygen atoms in total. The summed E-state index contributed by atoms with van der Waals surface area (Å²) in [4.78, 5) is 15.4. The summed E-state index contributed by atoms with van der Waals surface area (Å²) < 4.78 is 10.1. The molecule has 1 aromatic heterocycles. The van der Waals surface area contributed by atoms with Crippen molar-refractivity contribution in [3.63, 3.8) is 0 Å². The lowest BCUT2D eigenvalue weighted by molar-refractivity contribution is -0.144. The maximum absolute atomic E-state index is 12.2. The SMILES string of the molecule is COC(=O)C(C#N)C(Cc1c[nH]c2ccccc12)c1ccc(OC)cc1. The Morgan fingerprint density at radius 1 is 1.15 bits per heavy atom. The molecule has 0 saturated heterocycles. The monoisotopic (exact) mass is 348 g/mol.